The molecule has 2 unspecified atom stereocenters. The smallest absolute Gasteiger partial charge is 0.307 e. The number of thiazole rings is 1. The molecule has 0 aromatic carbocycles. The lowest BCUT2D eigenvalue weighted by atomic mass is 10.0. The highest BCUT2D eigenvalue weighted by molar-refractivity contribution is 7.13. The van der Waals surface area contributed by atoms with E-state index in [9.17, 15) is 9.59 Å². The van der Waals surface area contributed by atoms with Crippen LogP contribution >= 0.6 is 11.3 Å². The minimum absolute atomic E-state index is 0.138. The maximum absolute atomic E-state index is 11.8. The summed E-state index contributed by atoms with van der Waals surface area (Å²) >= 11 is 1.51. The van der Waals surface area contributed by atoms with Gasteiger partial charge in [-0.25, -0.2) is 4.98 Å². The van der Waals surface area contributed by atoms with Crippen LogP contribution in [0.25, 0.3) is 0 Å². The zero-order chi connectivity index (χ0) is 17.2. The second-order valence-electron chi connectivity index (χ2n) is 5.54. The lowest BCUT2D eigenvalue weighted by molar-refractivity contribution is -0.143. The van der Waals surface area contributed by atoms with Gasteiger partial charge in [0.2, 0.25) is 5.91 Å². The molecule has 2 N–H and O–H groups in total. The van der Waals surface area contributed by atoms with Gasteiger partial charge in [-0.1, -0.05) is 20.3 Å². The SMILES string of the molecule is CCOC(=O)CCNC(=O)Cc1csc(NC(C)C(C)CC)n1. The molecule has 0 saturated heterocycles. The quantitative estimate of drug-likeness (QED) is 0.639. The Bertz CT molecular complexity index is 505. The first kappa shape index (κ1) is 19.4. The van der Waals surface area contributed by atoms with Crippen molar-refractivity contribution in [3.63, 3.8) is 0 Å². The van der Waals surface area contributed by atoms with Gasteiger partial charge in [-0.15, -0.1) is 11.3 Å². The summed E-state index contributed by atoms with van der Waals surface area (Å²) in [7, 11) is 0. The predicted molar refractivity (Wildman–Crippen MR) is 92.6 cm³/mol. The molecule has 1 aromatic rings. The third-order valence-corrected chi connectivity index (χ3v) is 4.52. The molecule has 0 saturated carbocycles. The summed E-state index contributed by atoms with van der Waals surface area (Å²) in [5.41, 5.74) is 0.738. The third-order valence-electron chi connectivity index (χ3n) is 3.70. The zero-order valence-corrected chi connectivity index (χ0v) is 15.2. The van der Waals surface area contributed by atoms with Gasteiger partial charge in [-0.2, -0.15) is 0 Å². The van der Waals surface area contributed by atoms with Crippen molar-refractivity contribution in [3.8, 4) is 0 Å². The number of hydrogen-bond donors (Lipinski definition) is 2. The summed E-state index contributed by atoms with van der Waals surface area (Å²) in [4.78, 5) is 27.4. The minimum atomic E-state index is -0.299. The Balaban J connectivity index is 2.35. The van der Waals surface area contributed by atoms with E-state index >= 15 is 0 Å². The Kier molecular flexibility index (Phi) is 8.61. The standard InChI is InChI=1S/C16H27N3O3S/c1-5-11(3)12(4)18-16-19-13(10-23-16)9-14(20)17-8-7-15(21)22-6-2/h10-12H,5-9H2,1-4H3,(H,17,20)(H,18,19). The third kappa shape index (κ3) is 7.45. The van der Waals surface area contributed by atoms with Crippen LogP contribution in [0.5, 0.6) is 0 Å². The molecule has 2 atom stereocenters. The highest BCUT2D eigenvalue weighted by atomic mass is 32.1. The number of carbonyl (C=O) groups is 2. The summed E-state index contributed by atoms with van der Waals surface area (Å²) in [6.07, 6.45) is 1.52. The number of nitrogens with one attached hydrogen (secondary N) is 2. The summed E-state index contributed by atoms with van der Waals surface area (Å²) in [6.45, 7) is 8.90. The van der Waals surface area contributed by atoms with Crippen molar-refractivity contribution in [1.29, 1.82) is 0 Å². The topological polar surface area (TPSA) is 80.3 Å². The van der Waals surface area contributed by atoms with Gasteiger partial charge in [0.05, 0.1) is 25.1 Å². The molecule has 23 heavy (non-hydrogen) atoms. The maximum atomic E-state index is 11.8. The molecule has 6 nitrogen and oxygen atoms in total. The van der Waals surface area contributed by atoms with Crippen molar-refractivity contribution < 1.29 is 14.3 Å². The Hall–Kier alpha value is -1.63. The number of nitrogens with zero attached hydrogens (tertiary/aromatic N) is 1. The molecule has 0 radical (unpaired) electrons. The van der Waals surface area contributed by atoms with Crippen LogP contribution in [0.2, 0.25) is 0 Å². The van der Waals surface area contributed by atoms with Crippen LogP contribution in [0.15, 0.2) is 5.38 Å². The summed E-state index contributed by atoms with van der Waals surface area (Å²) in [5, 5.41) is 8.80. The van der Waals surface area contributed by atoms with Crippen LogP contribution in [0.4, 0.5) is 5.13 Å². The van der Waals surface area contributed by atoms with Crippen molar-refractivity contribution >= 4 is 28.3 Å². The van der Waals surface area contributed by atoms with E-state index in [1.54, 1.807) is 6.92 Å². The number of amides is 1. The van der Waals surface area contributed by atoms with Crippen molar-refractivity contribution in [2.75, 3.05) is 18.5 Å². The number of rotatable bonds is 10. The molecule has 0 aliphatic heterocycles. The molecule has 1 heterocycles. The van der Waals surface area contributed by atoms with Crippen LogP contribution in [0.1, 0.15) is 46.2 Å². The van der Waals surface area contributed by atoms with Gasteiger partial charge in [0.15, 0.2) is 5.13 Å². The van der Waals surface area contributed by atoms with E-state index in [0.29, 0.717) is 18.6 Å². The van der Waals surface area contributed by atoms with E-state index in [4.69, 9.17) is 4.74 Å². The highest BCUT2D eigenvalue weighted by Crippen LogP contribution is 2.19. The van der Waals surface area contributed by atoms with E-state index in [1.165, 1.54) is 11.3 Å². The highest BCUT2D eigenvalue weighted by Gasteiger charge is 2.13. The van der Waals surface area contributed by atoms with Crippen molar-refractivity contribution in [3.05, 3.63) is 11.1 Å². The van der Waals surface area contributed by atoms with Crippen LogP contribution in [0.3, 0.4) is 0 Å². The number of esters is 1. The Morgan fingerprint density at radius 1 is 1.35 bits per heavy atom. The average molecular weight is 341 g/mol. The van der Waals surface area contributed by atoms with Crippen molar-refractivity contribution in [1.82, 2.24) is 10.3 Å². The number of aromatic nitrogens is 1. The maximum Gasteiger partial charge on any atom is 0.307 e. The van der Waals surface area contributed by atoms with E-state index in [2.05, 4.69) is 36.4 Å². The van der Waals surface area contributed by atoms with Gasteiger partial charge in [-0.3, -0.25) is 9.59 Å². The number of hydrogen-bond acceptors (Lipinski definition) is 6. The molecule has 1 rings (SSSR count). The number of anilines is 1. The molecule has 1 amide bonds. The molecule has 0 aliphatic carbocycles. The molecule has 0 bridgehead atoms. The zero-order valence-electron chi connectivity index (χ0n) is 14.3. The lowest BCUT2D eigenvalue weighted by Gasteiger charge is -2.18. The van der Waals surface area contributed by atoms with Gasteiger partial charge in [0.1, 0.15) is 0 Å². The fourth-order valence-electron chi connectivity index (χ4n) is 1.91. The molecule has 7 heteroatoms. The predicted octanol–water partition coefficient (Wildman–Crippen LogP) is 2.60. The van der Waals surface area contributed by atoms with Crippen LogP contribution in [0, 0.1) is 5.92 Å². The lowest BCUT2D eigenvalue weighted by Crippen LogP contribution is -2.28. The fourth-order valence-corrected chi connectivity index (χ4v) is 2.72. The first-order valence-electron chi connectivity index (χ1n) is 8.09. The summed E-state index contributed by atoms with van der Waals surface area (Å²) in [6, 6.07) is 0.345. The molecular formula is C16H27N3O3S. The first-order chi connectivity index (χ1) is 11.0. The molecule has 130 valence electrons. The van der Waals surface area contributed by atoms with Gasteiger partial charge < -0.3 is 15.4 Å². The van der Waals surface area contributed by atoms with Gasteiger partial charge in [-0.05, 0) is 19.8 Å². The average Bonchev–Trinajstić information content (AvgIpc) is 2.93. The molecule has 0 fully saturated rings. The molecule has 0 spiro atoms. The van der Waals surface area contributed by atoms with Crippen LogP contribution in [-0.4, -0.2) is 36.1 Å². The second kappa shape index (κ2) is 10.2. The van der Waals surface area contributed by atoms with Crippen LogP contribution in [-0.2, 0) is 20.7 Å². The van der Waals surface area contributed by atoms with Crippen molar-refractivity contribution in [2.24, 2.45) is 5.92 Å². The van der Waals surface area contributed by atoms with Gasteiger partial charge in [0.25, 0.3) is 0 Å². The Morgan fingerprint density at radius 3 is 2.74 bits per heavy atom. The van der Waals surface area contributed by atoms with Gasteiger partial charge in [0, 0.05) is 18.0 Å². The Labute approximate surface area is 142 Å². The normalized spacial score (nSPS) is 13.2. The molecule has 0 aliphatic rings. The van der Waals surface area contributed by atoms with E-state index in [0.717, 1.165) is 17.2 Å². The number of carbonyl (C=O) groups excluding carboxylic acids is 2. The first-order valence-corrected chi connectivity index (χ1v) is 8.97. The summed E-state index contributed by atoms with van der Waals surface area (Å²) < 4.78 is 4.80. The molecular weight excluding hydrogens is 314 g/mol. The monoisotopic (exact) mass is 341 g/mol. The van der Waals surface area contributed by atoms with Crippen LogP contribution < -0.4 is 10.6 Å². The minimum Gasteiger partial charge on any atom is -0.466 e. The fraction of sp³-hybridized carbons (Fsp3) is 0.688. The number of ether oxygens (including phenoxy) is 1. The largest absolute Gasteiger partial charge is 0.466 e. The molecule has 1 aromatic heterocycles. The van der Waals surface area contributed by atoms with E-state index < -0.39 is 0 Å². The van der Waals surface area contributed by atoms with E-state index in [-0.39, 0.29) is 31.3 Å². The van der Waals surface area contributed by atoms with Gasteiger partial charge >= 0.3 is 5.97 Å². The van der Waals surface area contributed by atoms with Crippen molar-refractivity contribution in [2.45, 2.75) is 53.0 Å². The Morgan fingerprint density at radius 2 is 2.09 bits per heavy atom. The second-order valence-corrected chi connectivity index (χ2v) is 6.40. The summed E-state index contributed by atoms with van der Waals surface area (Å²) in [5.74, 6) is 0.127. The van der Waals surface area contributed by atoms with E-state index in [1.807, 2.05) is 5.38 Å².